The Morgan fingerprint density at radius 3 is 2.52 bits per heavy atom. The number of anilines is 2. The first-order valence-corrected chi connectivity index (χ1v) is 10.6. The van der Waals surface area contributed by atoms with Crippen LogP contribution < -0.4 is 9.21 Å². The van der Waals surface area contributed by atoms with Gasteiger partial charge in [-0.1, -0.05) is 29.8 Å². The van der Waals surface area contributed by atoms with Crippen LogP contribution in [0.2, 0.25) is 5.02 Å². The molecule has 0 spiro atoms. The van der Waals surface area contributed by atoms with E-state index in [0.29, 0.717) is 17.1 Å². The molecule has 2 heterocycles. The molecule has 0 amide bonds. The van der Waals surface area contributed by atoms with Gasteiger partial charge in [0.25, 0.3) is 0 Å². The lowest BCUT2D eigenvalue weighted by atomic mass is 10.1. The first kappa shape index (κ1) is 16.7. The standard InChI is InChI=1S/C19H21ClN2O2S/c20-18-6-2-1-5-16(18)14-25(23,24)22-12-9-15-13-17(7-8-19(15)22)21-10-3-4-11-21/h1-2,5-8,13H,3-4,9-12,14H2. The molecule has 4 rings (SSSR count). The fourth-order valence-electron chi connectivity index (χ4n) is 3.71. The van der Waals surface area contributed by atoms with Crippen molar-refractivity contribution in [1.82, 2.24) is 0 Å². The smallest absolute Gasteiger partial charge is 0.239 e. The maximum atomic E-state index is 12.9. The normalized spacial score (nSPS) is 17.2. The van der Waals surface area contributed by atoms with Crippen LogP contribution in [0.25, 0.3) is 0 Å². The van der Waals surface area contributed by atoms with Gasteiger partial charge in [-0.15, -0.1) is 0 Å². The van der Waals surface area contributed by atoms with Crippen LogP contribution in [-0.2, 0) is 22.2 Å². The number of benzene rings is 2. The first-order valence-electron chi connectivity index (χ1n) is 8.66. The predicted molar refractivity (Wildman–Crippen MR) is 103 cm³/mol. The molecule has 0 radical (unpaired) electrons. The lowest BCUT2D eigenvalue weighted by molar-refractivity contribution is 0.591. The summed E-state index contributed by atoms with van der Waals surface area (Å²) in [7, 11) is -3.45. The van der Waals surface area contributed by atoms with Gasteiger partial charge >= 0.3 is 0 Å². The summed E-state index contributed by atoms with van der Waals surface area (Å²) in [6.07, 6.45) is 3.23. The van der Waals surface area contributed by atoms with Crippen molar-refractivity contribution in [2.24, 2.45) is 0 Å². The topological polar surface area (TPSA) is 40.6 Å². The Labute approximate surface area is 154 Å². The summed E-state index contributed by atoms with van der Waals surface area (Å²) >= 11 is 6.14. The third-order valence-electron chi connectivity index (χ3n) is 5.02. The first-order chi connectivity index (χ1) is 12.0. The monoisotopic (exact) mass is 376 g/mol. The van der Waals surface area contributed by atoms with E-state index in [2.05, 4.69) is 11.0 Å². The Hall–Kier alpha value is -1.72. The van der Waals surface area contributed by atoms with Crippen molar-refractivity contribution in [2.45, 2.75) is 25.0 Å². The van der Waals surface area contributed by atoms with Gasteiger partial charge in [-0.05, 0) is 54.7 Å². The van der Waals surface area contributed by atoms with Crippen LogP contribution >= 0.6 is 11.6 Å². The zero-order valence-electron chi connectivity index (χ0n) is 14.0. The molecule has 0 aromatic heterocycles. The van der Waals surface area contributed by atoms with E-state index in [0.717, 1.165) is 30.8 Å². The maximum absolute atomic E-state index is 12.9. The van der Waals surface area contributed by atoms with Gasteiger partial charge in [-0.3, -0.25) is 4.31 Å². The second-order valence-corrected chi connectivity index (χ2v) is 8.98. The average molecular weight is 377 g/mol. The molecule has 0 atom stereocenters. The summed E-state index contributed by atoms with van der Waals surface area (Å²) in [4.78, 5) is 2.38. The molecule has 0 bridgehead atoms. The number of hydrogen-bond donors (Lipinski definition) is 0. The van der Waals surface area contributed by atoms with Crippen molar-refractivity contribution in [3.05, 3.63) is 58.6 Å². The minimum Gasteiger partial charge on any atom is -0.372 e. The lowest BCUT2D eigenvalue weighted by Crippen LogP contribution is -2.30. The molecular weight excluding hydrogens is 356 g/mol. The number of rotatable bonds is 4. The Balaban J connectivity index is 1.60. The Morgan fingerprint density at radius 2 is 1.76 bits per heavy atom. The molecule has 2 aromatic rings. The Kier molecular flexibility index (Phi) is 4.38. The van der Waals surface area contributed by atoms with Gasteiger partial charge in [0, 0.05) is 30.3 Å². The Bertz CT molecular complexity index is 892. The molecule has 0 aliphatic carbocycles. The van der Waals surface area contributed by atoms with E-state index in [4.69, 9.17) is 11.6 Å². The van der Waals surface area contributed by atoms with Crippen LogP contribution in [0.15, 0.2) is 42.5 Å². The molecule has 6 heteroatoms. The molecular formula is C19H21ClN2O2S. The number of halogens is 1. The highest BCUT2D eigenvalue weighted by Gasteiger charge is 2.30. The zero-order valence-corrected chi connectivity index (χ0v) is 15.6. The average Bonchev–Trinajstić information content (AvgIpc) is 3.25. The van der Waals surface area contributed by atoms with Gasteiger partial charge in [0.15, 0.2) is 0 Å². The molecule has 2 aromatic carbocycles. The fourth-order valence-corrected chi connectivity index (χ4v) is 5.64. The van der Waals surface area contributed by atoms with E-state index >= 15 is 0 Å². The molecule has 2 aliphatic rings. The molecule has 0 unspecified atom stereocenters. The number of fused-ring (bicyclic) bond motifs is 1. The van der Waals surface area contributed by atoms with Crippen molar-refractivity contribution < 1.29 is 8.42 Å². The van der Waals surface area contributed by atoms with Gasteiger partial charge < -0.3 is 4.90 Å². The van der Waals surface area contributed by atoms with E-state index in [-0.39, 0.29) is 5.75 Å². The van der Waals surface area contributed by atoms with Crippen molar-refractivity contribution in [2.75, 3.05) is 28.8 Å². The van der Waals surface area contributed by atoms with Crippen molar-refractivity contribution in [3.63, 3.8) is 0 Å². The SMILES string of the molecule is O=S(=O)(Cc1ccccc1Cl)N1CCc2cc(N3CCCC3)ccc21. The van der Waals surface area contributed by atoms with Crippen LogP contribution in [-0.4, -0.2) is 28.1 Å². The number of hydrogen-bond acceptors (Lipinski definition) is 3. The van der Waals surface area contributed by atoms with E-state index in [1.54, 1.807) is 16.4 Å². The largest absolute Gasteiger partial charge is 0.372 e. The quantitative estimate of drug-likeness (QED) is 0.814. The molecule has 0 saturated carbocycles. The van der Waals surface area contributed by atoms with Crippen molar-refractivity contribution in [1.29, 1.82) is 0 Å². The third-order valence-corrected chi connectivity index (χ3v) is 7.11. The van der Waals surface area contributed by atoms with E-state index in [9.17, 15) is 8.42 Å². The number of sulfonamides is 1. The van der Waals surface area contributed by atoms with E-state index in [1.165, 1.54) is 18.5 Å². The van der Waals surface area contributed by atoms with E-state index in [1.807, 2.05) is 24.3 Å². The summed E-state index contributed by atoms with van der Waals surface area (Å²) in [6.45, 7) is 2.69. The fraction of sp³-hybridized carbons (Fsp3) is 0.368. The van der Waals surface area contributed by atoms with Crippen LogP contribution in [0.1, 0.15) is 24.0 Å². The summed E-state index contributed by atoms with van der Waals surface area (Å²) in [5, 5.41) is 0.495. The summed E-state index contributed by atoms with van der Waals surface area (Å²) in [5.41, 5.74) is 3.79. The summed E-state index contributed by atoms with van der Waals surface area (Å²) < 4.78 is 27.4. The van der Waals surface area contributed by atoms with Gasteiger partial charge in [0.05, 0.1) is 11.4 Å². The summed E-state index contributed by atoms with van der Waals surface area (Å²) in [6, 6.07) is 13.3. The minimum atomic E-state index is -3.45. The highest BCUT2D eigenvalue weighted by atomic mass is 35.5. The highest BCUT2D eigenvalue weighted by molar-refractivity contribution is 7.92. The molecule has 4 nitrogen and oxygen atoms in total. The molecule has 2 aliphatic heterocycles. The van der Waals surface area contributed by atoms with Gasteiger partial charge in [0.2, 0.25) is 10.0 Å². The van der Waals surface area contributed by atoms with Crippen LogP contribution in [0, 0.1) is 0 Å². The van der Waals surface area contributed by atoms with Crippen molar-refractivity contribution >= 4 is 33.0 Å². The van der Waals surface area contributed by atoms with Gasteiger partial charge in [-0.2, -0.15) is 0 Å². The molecule has 0 N–H and O–H groups in total. The maximum Gasteiger partial charge on any atom is 0.239 e. The second kappa shape index (κ2) is 6.54. The van der Waals surface area contributed by atoms with Crippen molar-refractivity contribution in [3.8, 4) is 0 Å². The van der Waals surface area contributed by atoms with E-state index < -0.39 is 10.0 Å². The predicted octanol–water partition coefficient (Wildman–Crippen LogP) is 3.83. The lowest BCUT2D eigenvalue weighted by Gasteiger charge is -2.22. The Morgan fingerprint density at radius 1 is 1.00 bits per heavy atom. The molecule has 1 fully saturated rings. The molecule has 132 valence electrons. The van der Waals surface area contributed by atoms with Crippen LogP contribution in [0.4, 0.5) is 11.4 Å². The van der Waals surface area contributed by atoms with Crippen LogP contribution in [0.3, 0.4) is 0 Å². The van der Waals surface area contributed by atoms with Gasteiger partial charge in [0.1, 0.15) is 0 Å². The number of nitrogens with zero attached hydrogens (tertiary/aromatic N) is 2. The third kappa shape index (κ3) is 3.23. The minimum absolute atomic E-state index is 0.0695. The second-order valence-electron chi connectivity index (χ2n) is 6.68. The summed E-state index contributed by atoms with van der Waals surface area (Å²) in [5.74, 6) is -0.0695. The molecule has 1 saturated heterocycles. The van der Waals surface area contributed by atoms with Gasteiger partial charge in [-0.25, -0.2) is 8.42 Å². The highest BCUT2D eigenvalue weighted by Crippen LogP contribution is 2.35. The zero-order chi connectivity index (χ0) is 17.4. The molecule has 25 heavy (non-hydrogen) atoms. The van der Waals surface area contributed by atoms with Crippen LogP contribution in [0.5, 0.6) is 0 Å².